The van der Waals surface area contributed by atoms with Crippen molar-refractivity contribution in [2.45, 2.75) is 56.9 Å². The number of unbranched alkanes of at least 4 members (excludes halogenated alkanes) is 1. The van der Waals surface area contributed by atoms with E-state index >= 15 is 0 Å². The summed E-state index contributed by atoms with van der Waals surface area (Å²) in [4.78, 5) is 24.2. The van der Waals surface area contributed by atoms with Crippen LogP contribution in [0.3, 0.4) is 0 Å². The van der Waals surface area contributed by atoms with E-state index in [1.165, 1.54) is 0 Å². The molecule has 17 heavy (non-hydrogen) atoms. The summed E-state index contributed by atoms with van der Waals surface area (Å²) in [5.41, 5.74) is 4.95. The van der Waals surface area contributed by atoms with Crippen LogP contribution in [0.15, 0.2) is 0 Å². The third kappa shape index (κ3) is 2.51. The molecule has 1 heterocycles. The van der Waals surface area contributed by atoms with Crippen LogP contribution in [-0.2, 0) is 9.59 Å². The molecule has 3 N–H and O–H groups in total. The van der Waals surface area contributed by atoms with Gasteiger partial charge in [-0.05, 0) is 32.2 Å². The minimum atomic E-state index is -0.485. The number of hydrogen-bond donors (Lipinski definition) is 2. The lowest BCUT2D eigenvalue weighted by molar-refractivity contribution is -0.141. The van der Waals surface area contributed by atoms with Gasteiger partial charge in [-0.3, -0.25) is 9.59 Å². The Balaban J connectivity index is 1.93. The van der Waals surface area contributed by atoms with Gasteiger partial charge in [0.05, 0.1) is 5.54 Å². The van der Waals surface area contributed by atoms with Gasteiger partial charge in [0, 0.05) is 12.3 Å². The summed E-state index contributed by atoms with van der Waals surface area (Å²) >= 11 is 0. The van der Waals surface area contributed by atoms with Gasteiger partial charge in [-0.25, -0.2) is 0 Å². The summed E-state index contributed by atoms with van der Waals surface area (Å²) in [7, 11) is 0. The number of hydrogen-bond acceptors (Lipinski definition) is 3. The predicted molar refractivity (Wildman–Crippen MR) is 65.4 cm³/mol. The maximum Gasteiger partial charge on any atom is 0.224 e. The minimum absolute atomic E-state index is 0.0866. The molecule has 4 nitrogen and oxygen atoms in total. The molecule has 1 unspecified atom stereocenters. The topological polar surface area (TPSA) is 72.2 Å². The number of carbonyl (C=O) groups excluding carboxylic acids is 2. The Kier molecular flexibility index (Phi) is 3.82. The van der Waals surface area contributed by atoms with E-state index in [1.807, 2.05) is 0 Å². The Morgan fingerprint density at radius 1 is 1.24 bits per heavy atom. The normalized spacial score (nSPS) is 27.5. The van der Waals surface area contributed by atoms with E-state index in [2.05, 4.69) is 5.32 Å². The summed E-state index contributed by atoms with van der Waals surface area (Å²) in [5, 5.41) is 3.00. The second-order valence-electron chi connectivity index (χ2n) is 5.39. The summed E-state index contributed by atoms with van der Waals surface area (Å²) in [6, 6.07) is 0. The molecular weight excluding hydrogens is 216 g/mol. The fourth-order valence-corrected chi connectivity index (χ4v) is 3.07. The van der Waals surface area contributed by atoms with Crippen molar-refractivity contribution in [3.8, 4) is 0 Å². The third-order valence-electron chi connectivity index (χ3n) is 4.16. The molecular formula is C13H22N2O2. The fourth-order valence-electron chi connectivity index (χ4n) is 3.07. The fraction of sp³-hybridized carbons (Fsp3) is 0.846. The monoisotopic (exact) mass is 238 g/mol. The van der Waals surface area contributed by atoms with Crippen molar-refractivity contribution < 1.29 is 9.59 Å². The molecule has 1 saturated carbocycles. The molecule has 96 valence electrons. The van der Waals surface area contributed by atoms with Crippen LogP contribution < -0.4 is 11.1 Å². The number of rotatable bonds is 4. The van der Waals surface area contributed by atoms with Gasteiger partial charge in [-0.2, -0.15) is 0 Å². The molecule has 0 aromatic heterocycles. The van der Waals surface area contributed by atoms with Crippen molar-refractivity contribution in [2.75, 3.05) is 6.54 Å². The van der Waals surface area contributed by atoms with E-state index in [4.69, 9.17) is 5.73 Å². The van der Waals surface area contributed by atoms with Crippen molar-refractivity contribution in [3.63, 3.8) is 0 Å². The Hall–Kier alpha value is -0.900. The lowest BCUT2D eigenvalue weighted by atomic mass is 9.79. The molecule has 1 atom stereocenters. The molecule has 4 heteroatoms. The summed E-state index contributed by atoms with van der Waals surface area (Å²) in [6.45, 7) is 0.659. The molecule has 1 spiro atoms. The molecule has 0 aromatic rings. The first-order valence-corrected chi connectivity index (χ1v) is 6.73. The Morgan fingerprint density at radius 2 is 1.94 bits per heavy atom. The van der Waals surface area contributed by atoms with Gasteiger partial charge >= 0.3 is 0 Å². The van der Waals surface area contributed by atoms with Gasteiger partial charge in [-0.1, -0.05) is 19.3 Å². The standard InChI is InChI=1S/C13H22N2O2/c14-8-4-1-5-10-9-11(16)13(15-12(10)17)6-2-3-7-13/h10H,1-9,14H2,(H,15,17). The van der Waals surface area contributed by atoms with Crippen molar-refractivity contribution >= 4 is 11.7 Å². The zero-order valence-corrected chi connectivity index (χ0v) is 10.3. The van der Waals surface area contributed by atoms with E-state index < -0.39 is 5.54 Å². The van der Waals surface area contributed by atoms with Crippen molar-refractivity contribution in [2.24, 2.45) is 11.7 Å². The molecule has 1 aliphatic heterocycles. The molecule has 1 aliphatic carbocycles. The number of carbonyl (C=O) groups is 2. The van der Waals surface area contributed by atoms with Gasteiger partial charge < -0.3 is 11.1 Å². The number of nitrogens with two attached hydrogens (primary N) is 1. The molecule has 2 aliphatic rings. The Labute approximate surface area is 102 Å². The second-order valence-corrected chi connectivity index (χ2v) is 5.39. The highest BCUT2D eigenvalue weighted by atomic mass is 16.2. The molecule has 0 bridgehead atoms. The SMILES string of the molecule is NCCCCC1CC(=O)C2(CCCC2)NC1=O. The average molecular weight is 238 g/mol. The Morgan fingerprint density at radius 3 is 2.59 bits per heavy atom. The minimum Gasteiger partial charge on any atom is -0.343 e. The average Bonchev–Trinajstić information content (AvgIpc) is 2.75. The number of nitrogens with one attached hydrogen (secondary N) is 1. The van der Waals surface area contributed by atoms with Crippen molar-refractivity contribution in [1.29, 1.82) is 0 Å². The van der Waals surface area contributed by atoms with Crippen LogP contribution in [0.1, 0.15) is 51.4 Å². The molecule has 1 amide bonds. The summed E-state index contributed by atoms with van der Waals surface area (Å²) in [5.74, 6) is 0.233. The van der Waals surface area contributed by atoms with E-state index in [0.29, 0.717) is 13.0 Å². The van der Waals surface area contributed by atoms with Crippen LogP contribution in [0.4, 0.5) is 0 Å². The molecule has 0 radical (unpaired) electrons. The highest BCUT2D eigenvalue weighted by Gasteiger charge is 2.47. The molecule has 1 saturated heterocycles. The van der Waals surface area contributed by atoms with E-state index in [-0.39, 0.29) is 17.6 Å². The maximum absolute atomic E-state index is 12.2. The summed E-state index contributed by atoms with van der Waals surface area (Å²) in [6.07, 6.45) is 6.91. The highest BCUT2D eigenvalue weighted by molar-refractivity contribution is 6.00. The third-order valence-corrected chi connectivity index (χ3v) is 4.16. The molecule has 0 aromatic carbocycles. The summed E-state index contributed by atoms with van der Waals surface area (Å²) < 4.78 is 0. The predicted octanol–water partition coefficient (Wildman–Crippen LogP) is 1.13. The second kappa shape index (κ2) is 5.17. The van der Waals surface area contributed by atoms with Crippen LogP contribution in [0, 0.1) is 5.92 Å². The van der Waals surface area contributed by atoms with E-state index in [1.54, 1.807) is 0 Å². The van der Waals surface area contributed by atoms with Crippen LogP contribution in [-0.4, -0.2) is 23.8 Å². The Bertz CT molecular complexity index is 309. The zero-order valence-electron chi connectivity index (χ0n) is 10.3. The lowest BCUT2D eigenvalue weighted by Crippen LogP contribution is -2.59. The van der Waals surface area contributed by atoms with Crippen LogP contribution in [0.2, 0.25) is 0 Å². The first-order chi connectivity index (χ1) is 8.18. The highest BCUT2D eigenvalue weighted by Crippen LogP contribution is 2.36. The smallest absolute Gasteiger partial charge is 0.224 e. The van der Waals surface area contributed by atoms with Crippen molar-refractivity contribution in [3.05, 3.63) is 0 Å². The quantitative estimate of drug-likeness (QED) is 0.721. The zero-order chi connectivity index (χ0) is 12.3. The molecule has 2 fully saturated rings. The van der Waals surface area contributed by atoms with Crippen LogP contribution in [0.5, 0.6) is 0 Å². The molecule has 2 rings (SSSR count). The number of amides is 1. The van der Waals surface area contributed by atoms with Gasteiger partial charge in [-0.15, -0.1) is 0 Å². The van der Waals surface area contributed by atoms with Gasteiger partial charge in [0.2, 0.25) is 5.91 Å². The van der Waals surface area contributed by atoms with Gasteiger partial charge in [0.25, 0.3) is 0 Å². The van der Waals surface area contributed by atoms with E-state index in [0.717, 1.165) is 44.9 Å². The lowest BCUT2D eigenvalue weighted by Gasteiger charge is -2.36. The number of ketones is 1. The first-order valence-electron chi connectivity index (χ1n) is 6.73. The van der Waals surface area contributed by atoms with E-state index in [9.17, 15) is 9.59 Å². The largest absolute Gasteiger partial charge is 0.343 e. The maximum atomic E-state index is 12.2. The first kappa shape index (κ1) is 12.6. The van der Waals surface area contributed by atoms with Crippen LogP contribution in [0.25, 0.3) is 0 Å². The van der Waals surface area contributed by atoms with Crippen molar-refractivity contribution in [1.82, 2.24) is 5.32 Å². The van der Waals surface area contributed by atoms with Crippen LogP contribution >= 0.6 is 0 Å². The number of piperidine rings is 1. The van der Waals surface area contributed by atoms with Gasteiger partial charge in [0.15, 0.2) is 5.78 Å². The number of Topliss-reactive ketones (excluding diaryl/α,β-unsaturated/α-hetero) is 1. The van der Waals surface area contributed by atoms with Gasteiger partial charge in [0.1, 0.15) is 0 Å².